The Labute approximate surface area is 107 Å². The fourth-order valence-corrected chi connectivity index (χ4v) is 1.50. The molecule has 1 aliphatic rings. The van der Waals surface area contributed by atoms with Gasteiger partial charge in [0.25, 0.3) is 5.71 Å². The molecule has 102 valence electrons. The van der Waals surface area contributed by atoms with Gasteiger partial charge >= 0.3 is 10.4 Å². The van der Waals surface area contributed by atoms with E-state index in [4.69, 9.17) is 23.1 Å². The number of hydrogen-bond acceptors (Lipinski definition) is 3. The van der Waals surface area contributed by atoms with Crippen LogP contribution < -0.4 is 0 Å². The maximum absolute atomic E-state index is 8.74. The lowest BCUT2D eigenvalue weighted by Crippen LogP contribution is -2.20. The van der Waals surface area contributed by atoms with Gasteiger partial charge in [-0.3, -0.25) is 9.11 Å². The maximum Gasteiger partial charge on any atom is 0.394 e. The van der Waals surface area contributed by atoms with Crippen molar-refractivity contribution < 1.29 is 22.3 Å². The van der Waals surface area contributed by atoms with Gasteiger partial charge in [0.1, 0.15) is 0 Å². The van der Waals surface area contributed by atoms with Gasteiger partial charge in [-0.15, -0.1) is 0 Å². The van der Waals surface area contributed by atoms with Crippen molar-refractivity contribution in [3.8, 4) is 0 Å². The second-order valence-corrected chi connectivity index (χ2v) is 4.93. The van der Waals surface area contributed by atoms with E-state index in [2.05, 4.69) is 15.8 Å². The first-order valence-corrected chi connectivity index (χ1v) is 6.45. The first-order valence-electron chi connectivity index (χ1n) is 5.06. The van der Waals surface area contributed by atoms with Crippen LogP contribution in [0.15, 0.2) is 23.4 Å². The van der Waals surface area contributed by atoms with E-state index >= 15 is 0 Å². The molecule has 0 amide bonds. The number of allylic oxidation sites excluding steroid dienone is 3. The van der Waals surface area contributed by atoms with Crippen molar-refractivity contribution in [3.63, 3.8) is 0 Å². The van der Waals surface area contributed by atoms with E-state index in [9.17, 15) is 0 Å². The summed E-state index contributed by atoms with van der Waals surface area (Å²) in [5, 5.41) is 0. The third-order valence-electron chi connectivity index (χ3n) is 2.24. The molecule has 7 nitrogen and oxygen atoms in total. The lowest BCUT2D eigenvalue weighted by molar-refractivity contribution is -0.00877. The van der Waals surface area contributed by atoms with Crippen molar-refractivity contribution in [2.75, 3.05) is 14.1 Å². The van der Waals surface area contributed by atoms with Gasteiger partial charge in [-0.1, -0.05) is 0 Å². The zero-order chi connectivity index (χ0) is 14.5. The molecular weight excluding hydrogens is 258 g/mol. The van der Waals surface area contributed by atoms with Crippen molar-refractivity contribution in [2.45, 2.75) is 13.8 Å². The summed E-state index contributed by atoms with van der Waals surface area (Å²) >= 11 is 0. The lowest BCUT2D eigenvalue weighted by atomic mass is 9.94. The Kier molecular flexibility index (Phi) is 5.93. The minimum Gasteiger partial charge on any atom is -0.378 e. The molecule has 18 heavy (non-hydrogen) atoms. The summed E-state index contributed by atoms with van der Waals surface area (Å²) in [6.07, 6.45) is 4.02. The molecule has 8 heteroatoms. The number of nitrogens with zero attached hydrogens (tertiary/aromatic N) is 3. The predicted molar refractivity (Wildman–Crippen MR) is 67.5 cm³/mol. The van der Waals surface area contributed by atoms with Gasteiger partial charge in [-0.25, -0.2) is 0 Å². The molecule has 0 aliphatic heterocycles. The highest BCUT2D eigenvalue weighted by Crippen LogP contribution is 2.21. The summed E-state index contributed by atoms with van der Waals surface area (Å²) in [4.78, 5) is 5.32. The highest BCUT2D eigenvalue weighted by Gasteiger charge is 2.21. The van der Waals surface area contributed by atoms with Gasteiger partial charge < -0.3 is 10.4 Å². The quantitative estimate of drug-likeness (QED) is 0.421. The van der Waals surface area contributed by atoms with Crippen molar-refractivity contribution in [2.24, 2.45) is 5.92 Å². The van der Waals surface area contributed by atoms with Gasteiger partial charge in [0.05, 0.1) is 5.92 Å². The summed E-state index contributed by atoms with van der Waals surface area (Å²) in [6.45, 7) is 4.03. The Morgan fingerprint density at radius 2 is 1.83 bits per heavy atom. The molecule has 0 spiro atoms. The second-order valence-electron chi connectivity index (χ2n) is 4.04. The van der Waals surface area contributed by atoms with E-state index in [1.165, 1.54) is 5.70 Å². The van der Waals surface area contributed by atoms with Gasteiger partial charge in [0, 0.05) is 25.9 Å². The van der Waals surface area contributed by atoms with Crippen molar-refractivity contribution in [1.82, 2.24) is 4.90 Å². The Morgan fingerprint density at radius 1 is 1.39 bits per heavy atom. The largest absolute Gasteiger partial charge is 0.394 e. The van der Waals surface area contributed by atoms with Crippen LogP contribution in [-0.4, -0.2) is 47.0 Å². The summed E-state index contributed by atoms with van der Waals surface area (Å²) in [5.74, 6) is 0.186. The third-order valence-corrected chi connectivity index (χ3v) is 2.24. The summed E-state index contributed by atoms with van der Waals surface area (Å²) < 4.78 is 31.6. The van der Waals surface area contributed by atoms with Gasteiger partial charge in [0.15, 0.2) is 0 Å². The molecule has 0 aromatic carbocycles. The average Bonchev–Trinajstić information content (AvgIpc) is 2.18. The molecule has 1 rings (SSSR count). The van der Waals surface area contributed by atoms with E-state index in [0.29, 0.717) is 0 Å². The van der Waals surface area contributed by atoms with E-state index in [0.717, 1.165) is 11.3 Å². The molecule has 0 aromatic rings. The van der Waals surface area contributed by atoms with Crippen LogP contribution in [0, 0.1) is 5.92 Å². The van der Waals surface area contributed by atoms with Crippen LogP contribution in [0.1, 0.15) is 13.8 Å². The number of hydrogen-bond donors (Lipinski definition) is 2. The summed E-state index contributed by atoms with van der Waals surface area (Å²) in [6, 6.07) is 0. The molecule has 1 unspecified atom stereocenters. The normalized spacial score (nSPS) is 19.0. The molecule has 0 saturated heterocycles. The molecule has 0 radical (unpaired) electrons. The van der Waals surface area contributed by atoms with Crippen LogP contribution in [0.4, 0.5) is 0 Å². The van der Waals surface area contributed by atoms with Gasteiger partial charge in [0.2, 0.25) is 0 Å². The lowest BCUT2D eigenvalue weighted by Gasteiger charge is -2.21. The predicted octanol–water partition coefficient (Wildman–Crippen LogP) is 1.05. The standard InChI is InChI=1S/C10H15N3.H2O4S/c1-7-6-10(13(3)4)8(2)5-9(7)12-11;1-5(2,3)4/h5-7H,1-4H3;(H2,1,2,3,4). The molecule has 1 aliphatic carbocycles. The summed E-state index contributed by atoms with van der Waals surface area (Å²) in [7, 11) is -0.645. The highest BCUT2D eigenvalue weighted by atomic mass is 32.3. The van der Waals surface area contributed by atoms with Crippen molar-refractivity contribution in [3.05, 3.63) is 29.0 Å². The van der Waals surface area contributed by atoms with Gasteiger partial charge in [-0.2, -0.15) is 13.2 Å². The monoisotopic (exact) mass is 275 g/mol. The fourth-order valence-electron chi connectivity index (χ4n) is 1.50. The van der Waals surface area contributed by atoms with Crippen LogP contribution in [0.5, 0.6) is 0 Å². The Bertz CT molecular complexity index is 505. The van der Waals surface area contributed by atoms with Crippen LogP contribution >= 0.6 is 0 Å². The van der Waals surface area contributed by atoms with Crippen LogP contribution in [0.25, 0.3) is 5.53 Å². The van der Waals surface area contributed by atoms with Crippen molar-refractivity contribution in [1.29, 1.82) is 0 Å². The van der Waals surface area contributed by atoms with E-state index in [1.54, 1.807) is 0 Å². The zero-order valence-corrected chi connectivity index (χ0v) is 11.5. The van der Waals surface area contributed by atoms with Crippen LogP contribution in [0.2, 0.25) is 0 Å². The molecule has 0 heterocycles. The fraction of sp³-hybridized carbons (Fsp3) is 0.500. The van der Waals surface area contributed by atoms with Crippen LogP contribution in [-0.2, 0) is 10.4 Å². The van der Waals surface area contributed by atoms with Crippen molar-refractivity contribution >= 4 is 16.1 Å². The Balaban J connectivity index is 0.000000494. The smallest absolute Gasteiger partial charge is 0.378 e. The first-order chi connectivity index (χ1) is 8.06. The summed E-state index contributed by atoms with van der Waals surface area (Å²) in [5.41, 5.74) is 11.8. The van der Waals surface area contributed by atoms with Gasteiger partial charge in [-0.05, 0) is 25.5 Å². The molecule has 0 aromatic heterocycles. The van der Waals surface area contributed by atoms with E-state index in [1.807, 2.05) is 34.0 Å². The maximum atomic E-state index is 8.74. The second kappa shape index (κ2) is 6.46. The number of rotatable bonds is 1. The zero-order valence-electron chi connectivity index (χ0n) is 10.7. The third kappa shape index (κ3) is 6.31. The molecule has 0 bridgehead atoms. The van der Waals surface area contributed by atoms with E-state index in [-0.39, 0.29) is 5.92 Å². The average molecular weight is 275 g/mol. The molecule has 1 atom stereocenters. The molecule has 2 N–H and O–H groups in total. The SMILES string of the molecule is CC1=CC(=[N+]=[N-])C(C)C=C1N(C)C.O=S(=O)(O)O. The van der Waals surface area contributed by atoms with Crippen LogP contribution in [0.3, 0.4) is 0 Å². The minimum absolute atomic E-state index is 0.186. The number of likely N-dealkylation sites (N-methyl/N-ethyl adjacent to an activating group) is 1. The molecule has 0 fully saturated rings. The Hall–Kier alpha value is -1.47. The minimum atomic E-state index is -4.67. The highest BCUT2D eigenvalue weighted by molar-refractivity contribution is 7.79. The van der Waals surface area contributed by atoms with E-state index < -0.39 is 10.4 Å². The first kappa shape index (κ1) is 16.5. The molecule has 0 saturated carbocycles. The topological polar surface area (TPSA) is 114 Å². The molecular formula is C10H17N3O4S. The Morgan fingerprint density at radius 3 is 2.17 bits per heavy atom.